The smallest absolute Gasteiger partial charge is 0.281 e. The van der Waals surface area contributed by atoms with Gasteiger partial charge in [0.25, 0.3) is 6.79 Å². The summed E-state index contributed by atoms with van der Waals surface area (Å²) >= 11 is 0. The van der Waals surface area contributed by atoms with Gasteiger partial charge in [-0.15, -0.1) is 0 Å². The minimum Gasteiger partial charge on any atom is -0.281 e. The molecule has 3 aromatic rings. The number of hydrogen-bond donors (Lipinski definition) is 0. The van der Waals surface area contributed by atoms with Gasteiger partial charge in [-0.2, -0.15) is 0 Å². The molecule has 3 rings (SSSR count). The largest absolute Gasteiger partial charge is 0.281 e. The molecule has 0 unspecified atom stereocenters. The van der Waals surface area contributed by atoms with Crippen molar-refractivity contribution in [1.82, 2.24) is 0 Å². The third-order valence-corrected chi connectivity index (χ3v) is 5.49. The second-order valence-corrected chi connectivity index (χ2v) is 6.56. The number of hydrogen-bond acceptors (Lipinski definition) is 1. The molecule has 0 spiro atoms. The molecule has 0 N–H and O–H groups in total. The molecule has 0 aliphatic heterocycles. The van der Waals surface area contributed by atoms with Crippen LogP contribution in [-0.4, -0.2) is 6.79 Å². The molecule has 3 radical (unpaired) electrons. The van der Waals surface area contributed by atoms with Crippen molar-refractivity contribution >= 4 is 30.6 Å². The molecule has 22 heavy (non-hydrogen) atoms. The van der Waals surface area contributed by atoms with E-state index in [4.69, 9.17) is 4.79 Å². The van der Waals surface area contributed by atoms with E-state index in [0.29, 0.717) is 0 Å². The average molecular weight is 393 g/mol. The normalized spacial score (nSPS) is 9.32. The van der Waals surface area contributed by atoms with Crippen molar-refractivity contribution in [3.63, 3.8) is 0 Å². The van der Waals surface area contributed by atoms with Gasteiger partial charge >= 0.3 is 0 Å². The molecule has 0 aromatic heterocycles. The van der Waals surface area contributed by atoms with Crippen molar-refractivity contribution in [2.75, 3.05) is 0 Å². The molecule has 0 bridgehead atoms. The second kappa shape index (κ2) is 10.2. The Bertz CT molecular complexity index is 550. The van der Waals surface area contributed by atoms with Crippen LogP contribution in [0.3, 0.4) is 0 Å². The van der Waals surface area contributed by atoms with Crippen molar-refractivity contribution < 1.29 is 24.3 Å². The molecule has 0 saturated carbocycles. The van der Waals surface area contributed by atoms with Crippen LogP contribution >= 0.6 is 7.92 Å². The van der Waals surface area contributed by atoms with Crippen molar-refractivity contribution in [2.24, 2.45) is 0 Å². The maximum Gasteiger partial charge on any atom is 0.281 e. The fourth-order valence-corrected chi connectivity index (χ4v) is 4.48. The summed E-state index contributed by atoms with van der Waals surface area (Å²) < 4.78 is 0. The SMILES string of the molecule is [C]=O.[Rh].c1ccc(P(c2ccccc2)c2ccccc2)cc1. The van der Waals surface area contributed by atoms with Crippen molar-refractivity contribution in [1.29, 1.82) is 0 Å². The Kier molecular flexibility index (Phi) is 8.52. The molecular weight excluding hydrogens is 378 g/mol. The summed E-state index contributed by atoms with van der Waals surface area (Å²) in [5.41, 5.74) is 0. The predicted octanol–water partition coefficient (Wildman–Crippen LogP) is 3.05. The fraction of sp³-hybridized carbons (Fsp3) is 0. The minimum atomic E-state index is -0.446. The Hall–Kier alpha value is -1.62. The first-order valence-electron chi connectivity index (χ1n) is 6.61. The summed E-state index contributed by atoms with van der Waals surface area (Å²) in [5.74, 6) is 0. The molecule has 0 aliphatic rings. The summed E-state index contributed by atoms with van der Waals surface area (Å²) in [6.45, 7) is 4.50. The first-order valence-corrected chi connectivity index (χ1v) is 7.95. The number of benzene rings is 3. The van der Waals surface area contributed by atoms with E-state index in [-0.39, 0.29) is 19.5 Å². The van der Waals surface area contributed by atoms with Crippen molar-refractivity contribution in [3.05, 3.63) is 91.0 Å². The van der Waals surface area contributed by atoms with Gasteiger partial charge in [-0.05, 0) is 23.8 Å². The number of rotatable bonds is 3. The van der Waals surface area contributed by atoms with Gasteiger partial charge in [-0.3, -0.25) is 4.79 Å². The van der Waals surface area contributed by atoms with Gasteiger partial charge in [-0.25, -0.2) is 0 Å². The van der Waals surface area contributed by atoms with Gasteiger partial charge in [-0.1, -0.05) is 91.0 Å². The Morgan fingerprint density at radius 2 is 0.727 bits per heavy atom. The van der Waals surface area contributed by atoms with E-state index >= 15 is 0 Å². The average Bonchev–Trinajstić information content (AvgIpc) is 2.60. The Morgan fingerprint density at radius 3 is 0.955 bits per heavy atom. The van der Waals surface area contributed by atoms with E-state index in [0.717, 1.165) is 0 Å². The van der Waals surface area contributed by atoms with Gasteiger partial charge in [0.2, 0.25) is 0 Å². The first kappa shape index (κ1) is 18.4. The van der Waals surface area contributed by atoms with Gasteiger partial charge in [0.15, 0.2) is 0 Å². The molecule has 0 atom stereocenters. The molecule has 1 nitrogen and oxygen atoms in total. The van der Waals surface area contributed by atoms with Crippen LogP contribution in [-0.2, 0) is 24.3 Å². The molecule has 0 fully saturated rings. The van der Waals surface area contributed by atoms with Crippen LogP contribution in [0, 0.1) is 0 Å². The zero-order valence-electron chi connectivity index (χ0n) is 11.8. The topological polar surface area (TPSA) is 17.1 Å². The minimum absolute atomic E-state index is 0. The zero-order chi connectivity index (χ0) is 14.9. The summed E-state index contributed by atoms with van der Waals surface area (Å²) in [6.07, 6.45) is 0. The van der Waals surface area contributed by atoms with Crippen LogP contribution in [0.25, 0.3) is 0 Å². The predicted molar refractivity (Wildman–Crippen MR) is 90.8 cm³/mol. The molecule has 0 amide bonds. The van der Waals surface area contributed by atoms with E-state index in [9.17, 15) is 0 Å². The monoisotopic (exact) mass is 393 g/mol. The van der Waals surface area contributed by atoms with Gasteiger partial charge in [0.1, 0.15) is 0 Å². The summed E-state index contributed by atoms with van der Waals surface area (Å²) in [6, 6.07) is 32.3. The first-order chi connectivity index (χ1) is 10.4. The molecule has 3 aromatic carbocycles. The molecule has 111 valence electrons. The third kappa shape index (κ3) is 4.70. The van der Waals surface area contributed by atoms with E-state index in [1.165, 1.54) is 15.9 Å². The standard InChI is InChI=1S/C18H15P.CO.Rh/c1-4-10-16(11-5-1)19(17-12-6-2-7-13-17)18-14-8-3-9-15-18;1-2;/h1-15H;;. The van der Waals surface area contributed by atoms with Gasteiger partial charge in [0.05, 0.1) is 0 Å². The number of carbonyl (C=O) groups excluding carboxylic acids is 1. The molecular formula is C19H15OPRh. The van der Waals surface area contributed by atoms with Crippen molar-refractivity contribution in [2.45, 2.75) is 0 Å². The van der Waals surface area contributed by atoms with Crippen LogP contribution in [0.15, 0.2) is 91.0 Å². The molecule has 0 heterocycles. The van der Waals surface area contributed by atoms with E-state index in [2.05, 4.69) is 97.8 Å². The summed E-state index contributed by atoms with van der Waals surface area (Å²) in [7, 11) is -0.446. The van der Waals surface area contributed by atoms with E-state index in [1.54, 1.807) is 0 Å². The van der Waals surface area contributed by atoms with Gasteiger partial charge in [0, 0.05) is 19.5 Å². The van der Waals surface area contributed by atoms with E-state index < -0.39 is 7.92 Å². The van der Waals surface area contributed by atoms with Crippen LogP contribution in [0.2, 0.25) is 0 Å². The summed E-state index contributed by atoms with van der Waals surface area (Å²) in [5, 5.41) is 4.19. The van der Waals surface area contributed by atoms with Crippen LogP contribution < -0.4 is 15.9 Å². The quantitative estimate of drug-likeness (QED) is 0.494. The fourth-order valence-electron chi connectivity index (χ4n) is 2.18. The second-order valence-electron chi connectivity index (χ2n) is 4.34. The Balaban J connectivity index is 0.000000775. The van der Waals surface area contributed by atoms with Crippen LogP contribution in [0.5, 0.6) is 0 Å². The maximum atomic E-state index is 7.50. The molecule has 0 aliphatic carbocycles. The van der Waals surface area contributed by atoms with Crippen LogP contribution in [0.4, 0.5) is 0 Å². The maximum absolute atomic E-state index is 7.50. The zero-order valence-corrected chi connectivity index (χ0v) is 14.4. The van der Waals surface area contributed by atoms with Gasteiger partial charge < -0.3 is 0 Å². The summed E-state index contributed by atoms with van der Waals surface area (Å²) in [4.78, 5) is 7.50. The van der Waals surface area contributed by atoms with Crippen LogP contribution in [0.1, 0.15) is 0 Å². The Morgan fingerprint density at radius 1 is 0.500 bits per heavy atom. The molecule has 0 saturated heterocycles. The third-order valence-electron chi connectivity index (χ3n) is 3.04. The van der Waals surface area contributed by atoms with Crippen molar-refractivity contribution in [3.8, 4) is 0 Å². The molecule has 3 heteroatoms. The van der Waals surface area contributed by atoms with E-state index in [1.807, 2.05) is 0 Å². The Labute approximate surface area is 145 Å².